The number of hydrogen-bond donors (Lipinski definition) is 2. The quantitative estimate of drug-likeness (QED) is 0.559. The van der Waals surface area contributed by atoms with Gasteiger partial charge in [-0.15, -0.1) is 6.58 Å². The Morgan fingerprint density at radius 2 is 2.25 bits per heavy atom. The van der Waals surface area contributed by atoms with Crippen LogP contribution in [-0.2, 0) is 4.74 Å². The molecule has 0 amide bonds. The lowest BCUT2D eigenvalue weighted by molar-refractivity contribution is -0.0250. The maximum absolute atomic E-state index is 9.27. The molecule has 12 heavy (non-hydrogen) atoms. The van der Waals surface area contributed by atoms with Gasteiger partial charge in [-0.1, -0.05) is 6.08 Å². The summed E-state index contributed by atoms with van der Waals surface area (Å²) in [6, 6.07) is 0. The summed E-state index contributed by atoms with van der Waals surface area (Å²) in [5, 5.41) is 17.9. The molecule has 3 heteroatoms. The fraction of sp³-hybridized carbons (Fsp3) is 0.778. The summed E-state index contributed by atoms with van der Waals surface area (Å²) in [5.41, 5.74) is 0. The SMILES string of the molecule is C=CCCC(O)COC(C)CO. The van der Waals surface area contributed by atoms with E-state index in [9.17, 15) is 5.11 Å². The van der Waals surface area contributed by atoms with E-state index in [0.29, 0.717) is 6.42 Å². The first-order valence-corrected chi connectivity index (χ1v) is 4.22. The number of aliphatic hydroxyl groups is 2. The van der Waals surface area contributed by atoms with E-state index in [4.69, 9.17) is 9.84 Å². The summed E-state index contributed by atoms with van der Waals surface area (Å²) in [6.45, 7) is 5.60. The maximum atomic E-state index is 9.27. The summed E-state index contributed by atoms with van der Waals surface area (Å²) in [4.78, 5) is 0. The van der Waals surface area contributed by atoms with Crippen LogP contribution in [0.3, 0.4) is 0 Å². The van der Waals surface area contributed by atoms with E-state index in [1.807, 2.05) is 0 Å². The predicted molar refractivity (Wildman–Crippen MR) is 47.9 cm³/mol. The smallest absolute Gasteiger partial charge is 0.0779 e. The van der Waals surface area contributed by atoms with Crippen molar-refractivity contribution in [1.29, 1.82) is 0 Å². The standard InChI is InChI=1S/C9H18O3/c1-3-4-5-9(11)7-12-8(2)6-10/h3,8-11H,1,4-7H2,2H3. The highest BCUT2D eigenvalue weighted by atomic mass is 16.5. The van der Waals surface area contributed by atoms with E-state index in [-0.39, 0.29) is 19.3 Å². The molecule has 0 radical (unpaired) electrons. The third-order valence-corrected chi connectivity index (χ3v) is 1.53. The van der Waals surface area contributed by atoms with Gasteiger partial charge in [0.05, 0.1) is 25.4 Å². The molecule has 0 aromatic rings. The van der Waals surface area contributed by atoms with Crippen LogP contribution in [0.2, 0.25) is 0 Å². The zero-order valence-corrected chi connectivity index (χ0v) is 7.57. The Morgan fingerprint density at radius 1 is 1.58 bits per heavy atom. The first-order chi connectivity index (χ1) is 5.70. The lowest BCUT2D eigenvalue weighted by atomic mass is 10.2. The molecule has 0 heterocycles. The van der Waals surface area contributed by atoms with Crippen LogP contribution in [0.4, 0.5) is 0 Å². The Morgan fingerprint density at radius 3 is 2.75 bits per heavy atom. The zero-order valence-electron chi connectivity index (χ0n) is 7.57. The third kappa shape index (κ3) is 6.34. The number of aliphatic hydroxyl groups excluding tert-OH is 2. The van der Waals surface area contributed by atoms with Crippen LogP contribution in [0.15, 0.2) is 12.7 Å². The van der Waals surface area contributed by atoms with Crippen molar-refractivity contribution < 1.29 is 14.9 Å². The van der Waals surface area contributed by atoms with Gasteiger partial charge in [-0.2, -0.15) is 0 Å². The third-order valence-electron chi connectivity index (χ3n) is 1.53. The monoisotopic (exact) mass is 174 g/mol. The van der Waals surface area contributed by atoms with Crippen LogP contribution >= 0.6 is 0 Å². The van der Waals surface area contributed by atoms with Gasteiger partial charge in [-0.3, -0.25) is 0 Å². The lowest BCUT2D eigenvalue weighted by Crippen LogP contribution is -2.21. The predicted octanol–water partition coefficient (Wildman–Crippen LogP) is 0.711. The van der Waals surface area contributed by atoms with Crippen molar-refractivity contribution >= 4 is 0 Å². The van der Waals surface area contributed by atoms with Crippen LogP contribution in [0.1, 0.15) is 19.8 Å². The van der Waals surface area contributed by atoms with E-state index in [0.717, 1.165) is 6.42 Å². The highest BCUT2D eigenvalue weighted by molar-refractivity contribution is 4.69. The molecule has 0 aromatic carbocycles. The second-order valence-corrected chi connectivity index (χ2v) is 2.85. The van der Waals surface area contributed by atoms with Gasteiger partial charge in [0, 0.05) is 0 Å². The average Bonchev–Trinajstić information content (AvgIpc) is 2.10. The molecule has 0 aromatic heterocycles. The molecule has 2 unspecified atom stereocenters. The van der Waals surface area contributed by atoms with Crippen LogP contribution in [0.25, 0.3) is 0 Å². The first-order valence-electron chi connectivity index (χ1n) is 4.22. The van der Waals surface area contributed by atoms with Gasteiger partial charge in [0.15, 0.2) is 0 Å². The Hall–Kier alpha value is -0.380. The van der Waals surface area contributed by atoms with Gasteiger partial charge in [-0.25, -0.2) is 0 Å². The van der Waals surface area contributed by atoms with E-state index < -0.39 is 6.10 Å². The van der Waals surface area contributed by atoms with Gasteiger partial charge in [0.1, 0.15) is 0 Å². The summed E-state index contributed by atoms with van der Waals surface area (Å²) < 4.78 is 5.12. The molecule has 0 aliphatic rings. The Kier molecular flexibility index (Phi) is 7.05. The average molecular weight is 174 g/mol. The molecule has 0 saturated heterocycles. The van der Waals surface area contributed by atoms with Crippen molar-refractivity contribution in [2.75, 3.05) is 13.2 Å². The van der Waals surface area contributed by atoms with Crippen molar-refractivity contribution in [3.63, 3.8) is 0 Å². The molecule has 0 rings (SSSR count). The molecule has 0 saturated carbocycles. The van der Waals surface area contributed by atoms with Gasteiger partial charge in [0.25, 0.3) is 0 Å². The molecular formula is C9H18O3. The fourth-order valence-electron chi connectivity index (χ4n) is 0.722. The Bertz CT molecular complexity index is 114. The van der Waals surface area contributed by atoms with Crippen molar-refractivity contribution in [2.24, 2.45) is 0 Å². The van der Waals surface area contributed by atoms with Crippen molar-refractivity contribution in [1.82, 2.24) is 0 Å². The molecule has 3 nitrogen and oxygen atoms in total. The Labute approximate surface area is 73.7 Å². The number of ether oxygens (including phenoxy) is 1. The molecule has 2 N–H and O–H groups in total. The molecule has 0 aliphatic heterocycles. The van der Waals surface area contributed by atoms with Crippen LogP contribution < -0.4 is 0 Å². The number of rotatable bonds is 7. The highest BCUT2D eigenvalue weighted by Gasteiger charge is 2.05. The largest absolute Gasteiger partial charge is 0.394 e. The van der Waals surface area contributed by atoms with Crippen molar-refractivity contribution in [2.45, 2.75) is 32.0 Å². The zero-order chi connectivity index (χ0) is 9.40. The van der Waals surface area contributed by atoms with Crippen molar-refractivity contribution in [3.05, 3.63) is 12.7 Å². The van der Waals surface area contributed by atoms with Gasteiger partial charge < -0.3 is 14.9 Å². The molecule has 0 spiro atoms. The van der Waals surface area contributed by atoms with Crippen LogP contribution in [0, 0.1) is 0 Å². The van der Waals surface area contributed by atoms with Gasteiger partial charge in [0.2, 0.25) is 0 Å². The normalized spacial score (nSPS) is 15.6. The minimum Gasteiger partial charge on any atom is -0.394 e. The molecule has 72 valence electrons. The summed E-state index contributed by atoms with van der Waals surface area (Å²) in [6.07, 6.45) is 2.58. The summed E-state index contributed by atoms with van der Waals surface area (Å²) in [5.74, 6) is 0. The number of hydrogen-bond acceptors (Lipinski definition) is 3. The van der Waals surface area contributed by atoms with Crippen LogP contribution in [0.5, 0.6) is 0 Å². The van der Waals surface area contributed by atoms with E-state index in [1.54, 1.807) is 13.0 Å². The number of allylic oxidation sites excluding steroid dienone is 1. The van der Waals surface area contributed by atoms with E-state index >= 15 is 0 Å². The molecular weight excluding hydrogens is 156 g/mol. The fourth-order valence-corrected chi connectivity index (χ4v) is 0.722. The molecule has 0 fully saturated rings. The minimum atomic E-state index is -0.447. The molecule has 0 aliphatic carbocycles. The van der Waals surface area contributed by atoms with Gasteiger partial charge >= 0.3 is 0 Å². The summed E-state index contributed by atoms with van der Waals surface area (Å²) in [7, 11) is 0. The van der Waals surface area contributed by atoms with E-state index in [2.05, 4.69) is 6.58 Å². The first kappa shape index (κ1) is 11.6. The topological polar surface area (TPSA) is 49.7 Å². The molecule has 2 atom stereocenters. The lowest BCUT2D eigenvalue weighted by Gasteiger charge is -2.13. The van der Waals surface area contributed by atoms with E-state index in [1.165, 1.54) is 0 Å². The molecule has 0 bridgehead atoms. The second-order valence-electron chi connectivity index (χ2n) is 2.85. The highest BCUT2D eigenvalue weighted by Crippen LogP contribution is 1.99. The van der Waals surface area contributed by atoms with Crippen molar-refractivity contribution in [3.8, 4) is 0 Å². The maximum Gasteiger partial charge on any atom is 0.0779 e. The van der Waals surface area contributed by atoms with Crippen LogP contribution in [-0.4, -0.2) is 35.6 Å². The Balaban J connectivity index is 3.29. The summed E-state index contributed by atoms with van der Waals surface area (Å²) >= 11 is 0. The second kappa shape index (κ2) is 7.28. The van der Waals surface area contributed by atoms with Gasteiger partial charge in [-0.05, 0) is 19.8 Å². The minimum absolute atomic E-state index is 0.00578.